The standard InChI is InChI=1S/C22H22N2O5/c25-19(15-28-20-5-2-1-3-6-20)16-29-21-13-17(14-24-12-4-11-23-24)7-8-18(21)9-10-22(26)27/h1-13,19,25H,14-16H2,(H,26,27)/b10-9+. The molecule has 0 amide bonds. The number of hydrogen-bond acceptors (Lipinski definition) is 5. The molecule has 7 heteroatoms. The molecule has 0 bridgehead atoms. The first-order valence-corrected chi connectivity index (χ1v) is 9.10. The van der Waals surface area contributed by atoms with Gasteiger partial charge in [0.05, 0.1) is 6.54 Å². The lowest BCUT2D eigenvalue weighted by Gasteiger charge is -2.16. The maximum absolute atomic E-state index is 10.9. The molecule has 0 radical (unpaired) electrons. The largest absolute Gasteiger partial charge is 0.491 e. The van der Waals surface area contributed by atoms with Crippen LogP contribution in [0.3, 0.4) is 0 Å². The van der Waals surface area contributed by atoms with Gasteiger partial charge in [-0.1, -0.05) is 30.3 Å². The lowest BCUT2D eigenvalue weighted by Crippen LogP contribution is -2.25. The summed E-state index contributed by atoms with van der Waals surface area (Å²) in [7, 11) is 0. The number of aliphatic hydroxyl groups is 1. The Hall–Kier alpha value is -3.58. The van der Waals surface area contributed by atoms with E-state index in [1.807, 2.05) is 42.6 Å². The molecule has 2 N–H and O–H groups in total. The predicted molar refractivity (Wildman–Crippen MR) is 108 cm³/mol. The Morgan fingerprint density at radius 1 is 1.10 bits per heavy atom. The topological polar surface area (TPSA) is 93.8 Å². The van der Waals surface area contributed by atoms with E-state index in [1.54, 1.807) is 29.1 Å². The van der Waals surface area contributed by atoms with E-state index in [0.29, 0.717) is 23.6 Å². The molecule has 1 aromatic heterocycles. The number of rotatable bonds is 10. The van der Waals surface area contributed by atoms with Gasteiger partial charge in [-0.25, -0.2) is 4.79 Å². The highest BCUT2D eigenvalue weighted by Gasteiger charge is 2.10. The lowest BCUT2D eigenvalue weighted by molar-refractivity contribution is -0.131. The normalized spacial score (nSPS) is 12.0. The van der Waals surface area contributed by atoms with Crippen LogP contribution in [0.4, 0.5) is 0 Å². The molecule has 150 valence electrons. The second-order valence-corrected chi connectivity index (χ2v) is 6.34. The number of carboxylic acids is 1. The van der Waals surface area contributed by atoms with Gasteiger partial charge in [0.25, 0.3) is 0 Å². The minimum absolute atomic E-state index is 0.00592. The number of aliphatic hydroxyl groups excluding tert-OH is 1. The highest BCUT2D eigenvalue weighted by molar-refractivity contribution is 5.85. The fraction of sp³-hybridized carbons (Fsp3) is 0.182. The Bertz CT molecular complexity index is 939. The van der Waals surface area contributed by atoms with Gasteiger partial charge in [-0.15, -0.1) is 0 Å². The van der Waals surface area contributed by atoms with Crippen LogP contribution in [0.15, 0.2) is 73.1 Å². The van der Waals surface area contributed by atoms with Crippen LogP contribution >= 0.6 is 0 Å². The number of nitrogens with zero attached hydrogens (tertiary/aromatic N) is 2. The molecule has 3 aromatic rings. The highest BCUT2D eigenvalue weighted by atomic mass is 16.5. The summed E-state index contributed by atoms with van der Waals surface area (Å²) in [6, 6.07) is 16.5. The SMILES string of the molecule is O=C(O)/C=C/c1ccc(Cn2cccn2)cc1OCC(O)COc1ccccc1. The van der Waals surface area contributed by atoms with Crippen molar-refractivity contribution in [2.24, 2.45) is 0 Å². The van der Waals surface area contributed by atoms with Crippen LogP contribution in [0.5, 0.6) is 11.5 Å². The fourth-order valence-corrected chi connectivity index (χ4v) is 2.63. The van der Waals surface area contributed by atoms with Gasteiger partial charge in [-0.3, -0.25) is 4.68 Å². The number of para-hydroxylation sites is 1. The molecule has 1 heterocycles. The highest BCUT2D eigenvalue weighted by Crippen LogP contribution is 2.23. The number of aliphatic carboxylic acids is 1. The van der Waals surface area contributed by atoms with E-state index in [2.05, 4.69) is 5.10 Å². The third-order valence-corrected chi connectivity index (χ3v) is 4.00. The fourth-order valence-electron chi connectivity index (χ4n) is 2.63. The second-order valence-electron chi connectivity index (χ2n) is 6.34. The van der Waals surface area contributed by atoms with Crippen LogP contribution < -0.4 is 9.47 Å². The minimum atomic E-state index is -1.05. The summed E-state index contributed by atoms with van der Waals surface area (Å²) in [5.74, 6) is 0.0941. The minimum Gasteiger partial charge on any atom is -0.491 e. The summed E-state index contributed by atoms with van der Waals surface area (Å²) in [5.41, 5.74) is 1.54. The van der Waals surface area contributed by atoms with Crippen LogP contribution in [0, 0.1) is 0 Å². The zero-order valence-corrected chi connectivity index (χ0v) is 15.7. The van der Waals surface area contributed by atoms with Crippen LogP contribution in [0.1, 0.15) is 11.1 Å². The second kappa shape index (κ2) is 10.1. The molecular weight excluding hydrogens is 372 g/mol. The van der Waals surface area contributed by atoms with Gasteiger partial charge < -0.3 is 19.7 Å². The van der Waals surface area contributed by atoms with E-state index in [4.69, 9.17) is 14.6 Å². The van der Waals surface area contributed by atoms with Crippen molar-refractivity contribution in [2.45, 2.75) is 12.6 Å². The average Bonchev–Trinajstić information content (AvgIpc) is 3.23. The van der Waals surface area contributed by atoms with Crippen LogP contribution in [-0.4, -0.2) is 45.3 Å². The molecule has 0 spiro atoms. The molecule has 2 aromatic carbocycles. The zero-order valence-electron chi connectivity index (χ0n) is 15.7. The van der Waals surface area contributed by atoms with Crippen LogP contribution in [0.2, 0.25) is 0 Å². The summed E-state index contributed by atoms with van der Waals surface area (Å²) >= 11 is 0. The maximum Gasteiger partial charge on any atom is 0.328 e. The molecule has 1 unspecified atom stereocenters. The lowest BCUT2D eigenvalue weighted by atomic mass is 10.1. The summed E-state index contributed by atoms with van der Waals surface area (Å²) in [6.45, 7) is 0.634. The third-order valence-electron chi connectivity index (χ3n) is 4.00. The summed E-state index contributed by atoms with van der Waals surface area (Å²) < 4.78 is 13.1. The third kappa shape index (κ3) is 6.51. The van der Waals surface area contributed by atoms with Crippen molar-refractivity contribution in [1.29, 1.82) is 0 Å². The van der Waals surface area contributed by atoms with Crippen LogP contribution in [-0.2, 0) is 11.3 Å². The van der Waals surface area contributed by atoms with Crippen molar-refractivity contribution in [3.63, 3.8) is 0 Å². The molecule has 0 aliphatic heterocycles. The Morgan fingerprint density at radius 2 is 1.90 bits per heavy atom. The van der Waals surface area contributed by atoms with Gasteiger partial charge in [0.1, 0.15) is 30.8 Å². The molecular formula is C22H22N2O5. The van der Waals surface area contributed by atoms with Crippen molar-refractivity contribution in [1.82, 2.24) is 9.78 Å². The molecule has 7 nitrogen and oxygen atoms in total. The molecule has 0 aliphatic rings. The van der Waals surface area contributed by atoms with Crippen molar-refractivity contribution in [3.8, 4) is 11.5 Å². The average molecular weight is 394 g/mol. The molecule has 1 atom stereocenters. The summed E-state index contributed by atoms with van der Waals surface area (Å²) in [5, 5.41) is 23.3. The van der Waals surface area contributed by atoms with E-state index in [0.717, 1.165) is 11.6 Å². The Morgan fingerprint density at radius 3 is 2.62 bits per heavy atom. The van der Waals surface area contributed by atoms with E-state index in [9.17, 15) is 9.90 Å². The van der Waals surface area contributed by atoms with Gasteiger partial charge in [0, 0.05) is 24.0 Å². The molecule has 0 saturated carbocycles. The number of aromatic nitrogens is 2. The van der Waals surface area contributed by atoms with Crippen molar-refractivity contribution >= 4 is 12.0 Å². The van der Waals surface area contributed by atoms with Gasteiger partial charge in [0.2, 0.25) is 0 Å². The molecule has 0 aliphatic carbocycles. The van der Waals surface area contributed by atoms with Gasteiger partial charge in [-0.2, -0.15) is 5.10 Å². The number of hydrogen-bond donors (Lipinski definition) is 2. The van der Waals surface area contributed by atoms with Crippen molar-refractivity contribution in [3.05, 3.63) is 84.2 Å². The van der Waals surface area contributed by atoms with E-state index in [1.165, 1.54) is 6.08 Å². The summed E-state index contributed by atoms with van der Waals surface area (Å²) in [6.07, 6.45) is 5.21. The molecule has 3 rings (SSSR count). The van der Waals surface area contributed by atoms with Gasteiger partial charge in [0.15, 0.2) is 0 Å². The summed E-state index contributed by atoms with van der Waals surface area (Å²) in [4.78, 5) is 10.9. The number of carbonyl (C=O) groups is 1. The predicted octanol–water partition coefficient (Wildman–Crippen LogP) is 2.85. The molecule has 29 heavy (non-hydrogen) atoms. The Balaban J connectivity index is 1.66. The maximum atomic E-state index is 10.9. The quantitative estimate of drug-likeness (QED) is 0.514. The first kappa shape index (κ1) is 20.2. The van der Waals surface area contributed by atoms with E-state index < -0.39 is 12.1 Å². The smallest absolute Gasteiger partial charge is 0.328 e. The van der Waals surface area contributed by atoms with Crippen molar-refractivity contribution < 1.29 is 24.5 Å². The Labute approximate surface area is 168 Å². The first-order chi connectivity index (χ1) is 14.1. The first-order valence-electron chi connectivity index (χ1n) is 9.10. The van der Waals surface area contributed by atoms with Gasteiger partial charge >= 0.3 is 5.97 Å². The number of carboxylic acid groups (broad SMARTS) is 1. The van der Waals surface area contributed by atoms with E-state index >= 15 is 0 Å². The molecule has 0 saturated heterocycles. The van der Waals surface area contributed by atoms with Crippen molar-refractivity contribution in [2.75, 3.05) is 13.2 Å². The number of benzene rings is 2. The zero-order chi connectivity index (χ0) is 20.5. The number of ether oxygens (including phenoxy) is 2. The molecule has 0 fully saturated rings. The van der Waals surface area contributed by atoms with E-state index in [-0.39, 0.29) is 13.2 Å². The Kier molecular flexibility index (Phi) is 7.02. The van der Waals surface area contributed by atoms with Crippen LogP contribution in [0.25, 0.3) is 6.08 Å². The monoisotopic (exact) mass is 394 g/mol. The van der Waals surface area contributed by atoms with Gasteiger partial charge in [-0.05, 0) is 35.9 Å².